The molecule has 0 saturated carbocycles. The summed E-state index contributed by atoms with van der Waals surface area (Å²) in [4.78, 5) is 2.33. The molecule has 0 unspecified atom stereocenters. The first-order valence-electron chi connectivity index (χ1n) is 5.30. The first-order chi connectivity index (χ1) is 6.62. The normalized spacial score (nSPS) is 36.9. The van der Waals surface area contributed by atoms with E-state index in [-0.39, 0.29) is 12.1 Å². The zero-order valence-corrected chi connectivity index (χ0v) is 9.39. The van der Waals surface area contributed by atoms with Crippen molar-refractivity contribution < 1.29 is 8.42 Å². The van der Waals surface area contributed by atoms with Gasteiger partial charge in [-0.1, -0.05) is 6.92 Å². The van der Waals surface area contributed by atoms with Gasteiger partial charge >= 0.3 is 0 Å². The maximum Gasteiger partial charge on any atom is 0.153 e. The first-order valence-corrected chi connectivity index (χ1v) is 7.12. The molecule has 1 N–H and O–H groups in total. The fourth-order valence-electron chi connectivity index (χ4n) is 2.51. The molecule has 2 aliphatic heterocycles. The topological polar surface area (TPSA) is 49.4 Å². The van der Waals surface area contributed by atoms with Crippen molar-refractivity contribution >= 4 is 9.84 Å². The fourth-order valence-corrected chi connectivity index (χ4v) is 4.49. The summed E-state index contributed by atoms with van der Waals surface area (Å²) in [5, 5.41) is 3.30. The highest BCUT2D eigenvalue weighted by atomic mass is 32.2. The summed E-state index contributed by atoms with van der Waals surface area (Å²) in [6, 6.07) is 0.411. The zero-order valence-electron chi connectivity index (χ0n) is 8.57. The highest BCUT2D eigenvalue weighted by Gasteiger charge is 2.42. The van der Waals surface area contributed by atoms with Gasteiger partial charge in [0.2, 0.25) is 0 Å². The SMILES string of the molecule is CCCN1CCN[C@@H]2CS(=O)(=O)C[C@@H]21. The van der Waals surface area contributed by atoms with Gasteiger partial charge in [0, 0.05) is 25.2 Å². The van der Waals surface area contributed by atoms with Crippen molar-refractivity contribution in [2.45, 2.75) is 25.4 Å². The largest absolute Gasteiger partial charge is 0.310 e. The number of piperazine rings is 1. The van der Waals surface area contributed by atoms with Crippen LogP contribution in [0.1, 0.15) is 13.3 Å². The van der Waals surface area contributed by atoms with Crippen LogP contribution in [0.25, 0.3) is 0 Å². The highest BCUT2D eigenvalue weighted by Crippen LogP contribution is 2.21. The van der Waals surface area contributed by atoms with Crippen LogP contribution >= 0.6 is 0 Å². The van der Waals surface area contributed by atoms with E-state index < -0.39 is 9.84 Å². The van der Waals surface area contributed by atoms with E-state index in [2.05, 4.69) is 17.1 Å². The maximum atomic E-state index is 11.5. The minimum absolute atomic E-state index is 0.181. The van der Waals surface area contributed by atoms with Crippen molar-refractivity contribution in [1.82, 2.24) is 10.2 Å². The number of fused-ring (bicyclic) bond motifs is 1. The Morgan fingerprint density at radius 3 is 2.93 bits per heavy atom. The van der Waals surface area contributed by atoms with Crippen molar-refractivity contribution in [3.63, 3.8) is 0 Å². The van der Waals surface area contributed by atoms with Crippen LogP contribution in [-0.2, 0) is 9.84 Å². The molecule has 4 nitrogen and oxygen atoms in total. The lowest BCUT2D eigenvalue weighted by Crippen LogP contribution is -2.57. The molecule has 0 aromatic rings. The molecule has 0 aromatic heterocycles. The van der Waals surface area contributed by atoms with Crippen molar-refractivity contribution in [2.24, 2.45) is 0 Å². The predicted octanol–water partition coefficient (Wildman–Crippen LogP) is -0.533. The van der Waals surface area contributed by atoms with Gasteiger partial charge < -0.3 is 5.32 Å². The molecule has 2 fully saturated rings. The molecule has 0 bridgehead atoms. The van der Waals surface area contributed by atoms with Crippen LogP contribution in [0.3, 0.4) is 0 Å². The summed E-state index contributed by atoms with van der Waals surface area (Å²) in [6.07, 6.45) is 1.10. The Morgan fingerprint density at radius 2 is 2.21 bits per heavy atom. The van der Waals surface area contributed by atoms with Crippen LogP contribution in [0.5, 0.6) is 0 Å². The van der Waals surface area contributed by atoms with Crippen molar-refractivity contribution in [1.29, 1.82) is 0 Å². The minimum Gasteiger partial charge on any atom is -0.310 e. The summed E-state index contributed by atoms with van der Waals surface area (Å²) in [6.45, 7) is 5.08. The molecule has 2 atom stereocenters. The number of nitrogens with one attached hydrogen (secondary N) is 1. The van der Waals surface area contributed by atoms with Crippen molar-refractivity contribution in [2.75, 3.05) is 31.1 Å². The third kappa shape index (κ3) is 1.94. The van der Waals surface area contributed by atoms with Crippen LogP contribution in [0.2, 0.25) is 0 Å². The summed E-state index contributed by atoms with van der Waals surface area (Å²) < 4.78 is 23.0. The van der Waals surface area contributed by atoms with E-state index in [9.17, 15) is 8.42 Å². The van der Waals surface area contributed by atoms with Gasteiger partial charge in [0.15, 0.2) is 9.84 Å². The number of hydrogen-bond acceptors (Lipinski definition) is 4. The van der Waals surface area contributed by atoms with Crippen LogP contribution in [0.15, 0.2) is 0 Å². The summed E-state index contributed by atoms with van der Waals surface area (Å²) in [7, 11) is -2.78. The van der Waals surface area contributed by atoms with Gasteiger partial charge in [-0.25, -0.2) is 8.42 Å². The Hall–Kier alpha value is -0.130. The molecule has 0 amide bonds. The molecule has 0 aromatic carbocycles. The highest BCUT2D eigenvalue weighted by molar-refractivity contribution is 7.91. The second-order valence-corrected chi connectivity index (χ2v) is 6.39. The molecular formula is C9H18N2O2S. The van der Waals surface area contributed by atoms with E-state index in [4.69, 9.17) is 0 Å². The number of nitrogens with zero attached hydrogens (tertiary/aromatic N) is 1. The lowest BCUT2D eigenvalue weighted by atomic mass is 10.1. The van der Waals surface area contributed by atoms with Gasteiger partial charge in [-0.3, -0.25) is 4.90 Å². The molecule has 0 aliphatic carbocycles. The lowest BCUT2D eigenvalue weighted by Gasteiger charge is -2.37. The Kier molecular flexibility index (Phi) is 2.81. The van der Waals surface area contributed by atoms with Gasteiger partial charge in [-0.15, -0.1) is 0 Å². The molecule has 0 radical (unpaired) electrons. The molecule has 2 heterocycles. The van der Waals surface area contributed by atoms with E-state index in [0.29, 0.717) is 11.5 Å². The standard InChI is InChI=1S/C9H18N2O2S/c1-2-4-11-5-3-10-8-6-14(12,13)7-9(8)11/h8-10H,2-7H2,1H3/t8-,9+/m1/s1. The Morgan fingerprint density at radius 1 is 1.43 bits per heavy atom. The average molecular weight is 218 g/mol. The minimum atomic E-state index is -2.78. The molecule has 2 rings (SSSR count). The quantitative estimate of drug-likeness (QED) is 0.677. The van der Waals surface area contributed by atoms with Crippen LogP contribution < -0.4 is 5.32 Å². The molecule has 2 saturated heterocycles. The number of sulfone groups is 1. The third-order valence-electron chi connectivity index (χ3n) is 3.11. The van der Waals surface area contributed by atoms with Gasteiger partial charge in [-0.05, 0) is 13.0 Å². The van der Waals surface area contributed by atoms with E-state index in [0.717, 1.165) is 26.1 Å². The van der Waals surface area contributed by atoms with E-state index >= 15 is 0 Å². The lowest BCUT2D eigenvalue weighted by molar-refractivity contribution is 0.149. The average Bonchev–Trinajstić information content (AvgIpc) is 2.41. The third-order valence-corrected chi connectivity index (χ3v) is 4.82. The van der Waals surface area contributed by atoms with Gasteiger partial charge in [0.05, 0.1) is 11.5 Å². The molecule has 5 heteroatoms. The monoisotopic (exact) mass is 218 g/mol. The van der Waals surface area contributed by atoms with Gasteiger partial charge in [0.25, 0.3) is 0 Å². The summed E-state index contributed by atoms with van der Waals surface area (Å²) in [5.41, 5.74) is 0. The zero-order chi connectivity index (χ0) is 10.2. The second kappa shape index (κ2) is 3.79. The first kappa shape index (κ1) is 10.4. The predicted molar refractivity (Wildman–Crippen MR) is 56.1 cm³/mol. The van der Waals surface area contributed by atoms with E-state index in [1.54, 1.807) is 0 Å². The molecule has 2 aliphatic rings. The maximum absolute atomic E-state index is 11.5. The summed E-state index contributed by atoms with van der Waals surface area (Å²) >= 11 is 0. The number of hydrogen-bond donors (Lipinski definition) is 1. The van der Waals surface area contributed by atoms with E-state index in [1.807, 2.05) is 0 Å². The van der Waals surface area contributed by atoms with Crippen LogP contribution in [0, 0.1) is 0 Å². The van der Waals surface area contributed by atoms with Gasteiger partial charge in [0.1, 0.15) is 0 Å². The van der Waals surface area contributed by atoms with E-state index in [1.165, 1.54) is 0 Å². The van der Waals surface area contributed by atoms with Gasteiger partial charge in [-0.2, -0.15) is 0 Å². The Bertz CT molecular complexity index is 300. The smallest absolute Gasteiger partial charge is 0.153 e. The molecule has 14 heavy (non-hydrogen) atoms. The van der Waals surface area contributed by atoms with Crippen molar-refractivity contribution in [3.8, 4) is 0 Å². The van der Waals surface area contributed by atoms with Crippen LogP contribution in [0.4, 0.5) is 0 Å². The Balaban J connectivity index is 2.10. The Labute approximate surface area is 85.6 Å². The summed E-state index contributed by atoms with van der Waals surface area (Å²) in [5.74, 6) is 0.683. The van der Waals surface area contributed by atoms with Crippen molar-refractivity contribution in [3.05, 3.63) is 0 Å². The molecular weight excluding hydrogens is 200 g/mol. The molecule has 0 spiro atoms. The molecule has 82 valence electrons. The fraction of sp³-hybridized carbons (Fsp3) is 1.00. The number of rotatable bonds is 2. The van der Waals surface area contributed by atoms with Crippen LogP contribution in [-0.4, -0.2) is 56.5 Å². The second-order valence-electron chi connectivity index (χ2n) is 4.24.